The van der Waals surface area contributed by atoms with Crippen LogP contribution in [0.1, 0.15) is 10.4 Å². The number of benzene rings is 1. The minimum Gasteiger partial charge on any atom is -0.494 e. The molecule has 0 fully saturated rings. The second kappa shape index (κ2) is 5.90. The number of anilines is 1. The van der Waals surface area contributed by atoms with Crippen LogP contribution in [-0.4, -0.2) is 44.6 Å². The van der Waals surface area contributed by atoms with E-state index in [0.717, 1.165) is 0 Å². The summed E-state index contributed by atoms with van der Waals surface area (Å²) in [5, 5.41) is 0. The average molecular weight is 252 g/mol. The number of rotatable bonds is 4. The zero-order valence-electron chi connectivity index (χ0n) is 10.6. The van der Waals surface area contributed by atoms with E-state index < -0.39 is 5.97 Å². The molecule has 0 heterocycles. The molecule has 0 saturated carbocycles. The summed E-state index contributed by atoms with van der Waals surface area (Å²) in [5.74, 6) is -0.694. The Balaban J connectivity index is 2.79. The maximum absolute atomic E-state index is 11.8. The van der Waals surface area contributed by atoms with Gasteiger partial charge >= 0.3 is 5.97 Å². The lowest BCUT2D eigenvalue weighted by Crippen LogP contribution is -2.27. The fraction of sp³-hybridized carbons (Fsp3) is 0.333. The van der Waals surface area contributed by atoms with E-state index in [-0.39, 0.29) is 23.8 Å². The van der Waals surface area contributed by atoms with E-state index >= 15 is 0 Å². The van der Waals surface area contributed by atoms with Crippen molar-refractivity contribution in [2.24, 2.45) is 0 Å². The van der Waals surface area contributed by atoms with Gasteiger partial charge in [-0.3, -0.25) is 4.79 Å². The molecule has 1 amide bonds. The van der Waals surface area contributed by atoms with Crippen molar-refractivity contribution in [3.05, 3.63) is 23.8 Å². The maximum atomic E-state index is 11.8. The fourth-order valence-electron chi connectivity index (χ4n) is 1.28. The molecule has 6 nitrogen and oxygen atoms in total. The van der Waals surface area contributed by atoms with Gasteiger partial charge in [-0.2, -0.15) is 0 Å². The Morgan fingerprint density at radius 3 is 2.56 bits per heavy atom. The van der Waals surface area contributed by atoms with E-state index in [2.05, 4.69) is 0 Å². The Hall–Kier alpha value is -2.24. The highest BCUT2D eigenvalue weighted by Crippen LogP contribution is 2.26. The molecule has 0 unspecified atom stereocenters. The number of ether oxygens (including phenoxy) is 2. The molecule has 0 aliphatic heterocycles. The molecule has 1 aromatic carbocycles. The summed E-state index contributed by atoms with van der Waals surface area (Å²) in [5.41, 5.74) is 6.20. The Morgan fingerprint density at radius 2 is 2.00 bits per heavy atom. The van der Waals surface area contributed by atoms with Gasteiger partial charge in [0.15, 0.2) is 12.4 Å². The molecule has 0 aliphatic rings. The highest BCUT2D eigenvalue weighted by molar-refractivity contribution is 5.95. The normalized spacial score (nSPS) is 9.72. The summed E-state index contributed by atoms with van der Waals surface area (Å²) in [7, 11) is 4.57. The summed E-state index contributed by atoms with van der Waals surface area (Å²) in [6.07, 6.45) is 0. The largest absolute Gasteiger partial charge is 0.494 e. The van der Waals surface area contributed by atoms with Crippen molar-refractivity contribution in [3.63, 3.8) is 0 Å². The van der Waals surface area contributed by atoms with Crippen LogP contribution in [0.2, 0.25) is 0 Å². The number of methoxy groups -OCH3 is 1. The number of amides is 1. The van der Waals surface area contributed by atoms with Crippen molar-refractivity contribution in [1.82, 2.24) is 4.90 Å². The standard InChI is InChI=1S/C12H16N2O4/c1-14(2)10(15)7-18-12(16)8-5-4-6-9(13)11(8)17-3/h4-6H,7,13H2,1-3H3. The van der Waals surface area contributed by atoms with Gasteiger partial charge < -0.3 is 20.1 Å². The molecular weight excluding hydrogens is 236 g/mol. The number of nitrogens with zero attached hydrogens (tertiary/aromatic N) is 1. The number of carbonyl (C=O) groups is 2. The lowest BCUT2D eigenvalue weighted by atomic mass is 10.2. The third kappa shape index (κ3) is 3.13. The lowest BCUT2D eigenvalue weighted by molar-refractivity contribution is -0.131. The molecule has 0 saturated heterocycles. The zero-order valence-corrected chi connectivity index (χ0v) is 10.6. The second-order valence-electron chi connectivity index (χ2n) is 3.79. The molecular formula is C12H16N2O4. The molecule has 0 spiro atoms. The molecule has 2 N–H and O–H groups in total. The number of hydrogen-bond donors (Lipinski definition) is 1. The van der Waals surface area contributed by atoms with Gasteiger partial charge in [0.2, 0.25) is 0 Å². The first-order valence-corrected chi connectivity index (χ1v) is 5.27. The monoisotopic (exact) mass is 252 g/mol. The average Bonchev–Trinajstić information content (AvgIpc) is 2.34. The first kappa shape index (κ1) is 13.8. The van der Waals surface area contributed by atoms with Crippen molar-refractivity contribution >= 4 is 17.6 Å². The first-order valence-electron chi connectivity index (χ1n) is 5.27. The molecule has 0 aromatic heterocycles. The van der Waals surface area contributed by atoms with Gasteiger partial charge in [0, 0.05) is 14.1 Å². The SMILES string of the molecule is COc1c(N)cccc1C(=O)OCC(=O)N(C)C. The number of hydrogen-bond acceptors (Lipinski definition) is 5. The predicted octanol–water partition coefficient (Wildman–Crippen LogP) is 0.522. The molecule has 18 heavy (non-hydrogen) atoms. The van der Waals surface area contributed by atoms with Gasteiger partial charge in [-0.05, 0) is 12.1 Å². The second-order valence-corrected chi connectivity index (χ2v) is 3.79. The summed E-state index contributed by atoms with van der Waals surface area (Å²) >= 11 is 0. The van der Waals surface area contributed by atoms with Crippen molar-refractivity contribution in [2.45, 2.75) is 0 Å². The number of para-hydroxylation sites is 1. The van der Waals surface area contributed by atoms with E-state index in [4.69, 9.17) is 15.2 Å². The van der Waals surface area contributed by atoms with E-state index in [0.29, 0.717) is 5.69 Å². The summed E-state index contributed by atoms with van der Waals surface area (Å²) in [6.45, 7) is -0.316. The Morgan fingerprint density at radius 1 is 1.33 bits per heavy atom. The Bertz CT molecular complexity index is 457. The van der Waals surface area contributed by atoms with E-state index in [9.17, 15) is 9.59 Å². The summed E-state index contributed by atoms with van der Waals surface area (Å²) in [6, 6.07) is 4.75. The smallest absolute Gasteiger partial charge is 0.342 e. The maximum Gasteiger partial charge on any atom is 0.342 e. The number of nitrogen functional groups attached to an aromatic ring is 1. The van der Waals surface area contributed by atoms with Crippen molar-refractivity contribution in [2.75, 3.05) is 33.5 Å². The van der Waals surface area contributed by atoms with Crippen LogP contribution in [0.4, 0.5) is 5.69 Å². The highest BCUT2D eigenvalue weighted by atomic mass is 16.5. The third-order valence-corrected chi connectivity index (χ3v) is 2.30. The van der Waals surface area contributed by atoms with Crippen LogP contribution in [0.25, 0.3) is 0 Å². The van der Waals surface area contributed by atoms with E-state index in [1.54, 1.807) is 26.2 Å². The van der Waals surface area contributed by atoms with Crippen LogP contribution < -0.4 is 10.5 Å². The minimum absolute atomic E-state index is 0.198. The van der Waals surface area contributed by atoms with Crippen LogP contribution in [0.3, 0.4) is 0 Å². The van der Waals surface area contributed by atoms with Gasteiger partial charge in [-0.25, -0.2) is 4.79 Å². The molecule has 1 rings (SSSR count). The summed E-state index contributed by atoms with van der Waals surface area (Å²) in [4.78, 5) is 24.4. The fourth-order valence-corrected chi connectivity index (χ4v) is 1.28. The zero-order chi connectivity index (χ0) is 13.7. The van der Waals surface area contributed by atoms with Crippen molar-refractivity contribution < 1.29 is 19.1 Å². The van der Waals surface area contributed by atoms with Crippen molar-refractivity contribution in [1.29, 1.82) is 0 Å². The summed E-state index contributed by atoms with van der Waals surface area (Å²) < 4.78 is 9.91. The molecule has 98 valence electrons. The predicted molar refractivity (Wildman–Crippen MR) is 66.4 cm³/mol. The van der Waals surface area contributed by atoms with Crippen molar-refractivity contribution in [3.8, 4) is 5.75 Å². The first-order chi connectivity index (χ1) is 8.47. The topological polar surface area (TPSA) is 81.9 Å². The number of carbonyl (C=O) groups excluding carboxylic acids is 2. The molecule has 0 radical (unpaired) electrons. The van der Waals surface area contributed by atoms with Gasteiger partial charge in [0.1, 0.15) is 5.56 Å². The van der Waals surface area contributed by atoms with Gasteiger partial charge in [-0.15, -0.1) is 0 Å². The van der Waals surface area contributed by atoms with Crippen LogP contribution in [0, 0.1) is 0 Å². The van der Waals surface area contributed by atoms with Crippen LogP contribution in [0.5, 0.6) is 5.75 Å². The van der Waals surface area contributed by atoms with E-state index in [1.165, 1.54) is 18.1 Å². The number of esters is 1. The lowest BCUT2D eigenvalue weighted by Gasteiger charge is -2.12. The van der Waals surface area contributed by atoms with Crippen LogP contribution in [-0.2, 0) is 9.53 Å². The van der Waals surface area contributed by atoms with Gasteiger partial charge in [-0.1, -0.05) is 6.07 Å². The molecule has 0 atom stereocenters. The number of likely N-dealkylation sites (N-methyl/N-ethyl adjacent to an activating group) is 1. The Kier molecular flexibility index (Phi) is 4.53. The quantitative estimate of drug-likeness (QED) is 0.624. The molecule has 1 aromatic rings. The van der Waals surface area contributed by atoms with E-state index in [1.807, 2.05) is 0 Å². The molecule has 0 aliphatic carbocycles. The van der Waals surface area contributed by atoms with Crippen LogP contribution in [0.15, 0.2) is 18.2 Å². The number of nitrogens with two attached hydrogens (primary N) is 1. The Labute approximate surface area is 105 Å². The molecule has 6 heteroatoms. The highest BCUT2D eigenvalue weighted by Gasteiger charge is 2.17. The van der Waals surface area contributed by atoms with Gasteiger partial charge in [0.05, 0.1) is 12.8 Å². The van der Waals surface area contributed by atoms with Gasteiger partial charge in [0.25, 0.3) is 5.91 Å². The molecule has 0 bridgehead atoms. The van der Waals surface area contributed by atoms with Crippen LogP contribution >= 0.6 is 0 Å². The minimum atomic E-state index is -0.644. The third-order valence-electron chi connectivity index (χ3n) is 2.30.